The summed E-state index contributed by atoms with van der Waals surface area (Å²) in [7, 11) is 0. The zero-order valence-corrected chi connectivity index (χ0v) is 13.1. The first-order valence-electron chi connectivity index (χ1n) is 8.30. The van der Waals surface area contributed by atoms with E-state index in [0.29, 0.717) is 17.4 Å². The lowest BCUT2D eigenvalue weighted by molar-refractivity contribution is 0.0915. The third-order valence-corrected chi connectivity index (χ3v) is 4.95. The average molecular weight is 311 g/mol. The van der Waals surface area contributed by atoms with Crippen LogP contribution < -0.4 is 5.32 Å². The van der Waals surface area contributed by atoms with E-state index in [-0.39, 0.29) is 11.9 Å². The van der Waals surface area contributed by atoms with Crippen LogP contribution in [0.1, 0.15) is 36.0 Å². The van der Waals surface area contributed by atoms with Crippen molar-refractivity contribution < 1.29 is 4.79 Å². The molecule has 2 aliphatic heterocycles. The van der Waals surface area contributed by atoms with Crippen molar-refractivity contribution in [1.82, 2.24) is 24.8 Å². The van der Waals surface area contributed by atoms with Crippen LogP contribution in [0.2, 0.25) is 0 Å². The summed E-state index contributed by atoms with van der Waals surface area (Å²) in [4.78, 5) is 23.5. The molecule has 4 rings (SSSR count). The number of fused-ring (bicyclic) bond motifs is 1. The normalized spacial score (nSPS) is 24.3. The summed E-state index contributed by atoms with van der Waals surface area (Å²) in [6, 6.07) is 4.36. The molecule has 0 spiro atoms. The minimum Gasteiger partial charge on any atom is -0.348 e. The van der Waals surface area contributed by atoms with Crippen LogP contribution in [-0.4, -0.2) is 50.5 Å². The molecule has 2 atom stereocenters. The van der Waals surface area contributed by atoms with Crippen LogP contribution >= 0.6 is 0 Å². The lowest BCUT2D eigenvalue weighted by atomic mass is 9.99. The third kappa shape index (κ3) is 2.86. The van der Waals surface area contributed by atoms with E-state index in [9.17, 15) is 4.79 Å². The van der Waals surface area contributed by atoms with Crippen molar-refractivity contribution in [3.63, 3.8) is 0 Å². The van der Waals surface area contributed by atoms with Crippen LogP contribution in [0, 0.1) is 0 Å². The Labute approximate surface area is 135 Å². The maximum atomic E-state index is 12.6. The van der Waals surface area contributed by atoms with Gasteiger partial charge in [-0.25, -0.2) is 9.97 Å². The molecule has 4 heterocycles. The molecule has 23 heavy (non-hydrogen) atoms. The first-order chi connectivity index (χ1) is 11.3. The number of rotatable bonds is 3. The highest BCUT2D eigenvalue weighted by atomic mass is 16.1. The Morgan fingerprint density at radius 1 is 1.22 bits per heavy atom. The van der Waals surface area contributed by atoms with E-state index in [1.54, 1.807) is 29.4 Å². The summed E-state index contributed by atoms with van der Waals surface area (Å²) in [6.07, 6.45) is 11.7. The van der Waals surface area contributed by atoms with Crippen LogP contribution in [0.25, 0.3) is 5.82 Å². The smallest absolute Gasteiger partial charge is 0.251 e. The fraction of sp³-hybridized carbons (Fsp3) is 0.471. The number of hydrogen-bond donors (Lipinski definition) is 1. The second-order valence-corrected chi connectivity index (χ2v) is 6.34. The van der Waals surface area contributed by atoms with Gasteiger partial charge in [-0.1, -0.05) is 6.42 Å². The van der Waals surface area contributed by atoms with E-state index in [0.717, 1.165) is 13.0 Å². The first-order valence-corrected chi connectivity index (χ1v) is 8.30. The van der Waals surface area contributed by atoms with Gasteiger partial charge < -0.3 is 5.32 Å². The summed E-state index contributed by atoms with van der Waals surface area (Å²) in [5.74, 6) is 0.701. The molecule has 2 saturated heterocycles. The zero-order valence-electron chi connectivity index (χ0n) is 13.1. The molecule has 6 nitrogen and oxygen atoms in total. The van der Waals surface area contributed by atoms with Crippen LogP contribution in [0.4, 0.5) is 0 Å². The second kappa shape index (κ2) is 6.12. The molecule has 6 heteroatoms. The molecule has 0 saturated carbocycles. The van der Waals surface area contributed by atoms with Gasteiger partial charge in [0.2, 0.25) is 0 Å². The lowest BCUT2D eigenvalue weighted by Crippen LogP contribution is -2.46. The predicted molar refractivity (Wildman–Crippen MR) is 86.4 cm³/mol. The predicted octanol–water partition coefficient (Wildman–Crippen LogP) is 1.62. The van der Waals surface area contributed by atoms with E-state index < -0.39 is 0 Å². The fourth-order valence-corrected chi connectivity index (χ4v) is 3.76. The Kier molecular flexibility index (Phi) is 3.83. The Morgan fingerprint density at radius 2 is 2.17 bits per heavy atom. The van der Waals surface area contributed by atoms with Gasteiger partial charge in [-0.3, -0.25) is 14.3 Å². The number of hydrogen-bond acceptors (Lipinski definition) is 4. The van der Waals surface area contributed by atoms with E-state index in [2.05, 4.69) is 20.2 Å². The summed E-state index contributed by atoms with van der Waals surface area (Å²) in [5.41, 5.74) is 0.651. The van der Waals surface area contributed by atoms with Crippen molar-refractivity contribution in [2.45, 2.75) is 37.8 Å². The molecular weight excluding hydrogens is 290 g/mol. The number of carbonyl (C=O) groups is 1. The third-order valence-electron chi connectivity index (χ3n) is 4.95. The van der Waals surface area contributed by atoms with Crippen molar-refractivity contribution >= 4 is 5.91 Å². The molecule has 0 aromatic carbocycles. The maximum absolute atomic E-state index is 12.6. The monoisotopic (exact) mass is 311 g/mol. The second-order valence-electron chi connectivity index (χ2n) is 6.34. The number of nitrogens with one attached hydrogen (secondary N) is 1. The number of aromatic nitrogens is 3. The van der Waals surface area contributed by atoms with Crippen molar-refractivity contribution in [3.8, 4) is 5.82 Å². The molecule has 2 aromatic rings. The molecule has 2 aliphatic rings. The average Bonchev–Trinajstić information content (AvgIpc) is 3.25. The molecule has 0 radical (unpaired) electrons. The van der Waals surface area contributed by atoms with E-state index in [1.165, 1.54) is 25.8 Å². The van der Waals surface area contributed by atoms with Gasteiger partial charge in [-0.2, -0.15) is 0 Å². The van der Waals surface area contributed by atoms with Crippen molar-refractivity contribution in [2.75, 3.05) is 13.1 Å². The van der Waals surface area contributed by atoms with Crippen molar-refractivity contribution in [1.29, 1.82) is 0 Å². The van der Waals surface area contributed by atoms with Crippen molar-refractivity contribution in [2.24, 2.45) is 0 Å². The number of nitrogens with zero attached hydrogens (tertiary/aromatic N) is 4. The summed E-state index contributed by atoms with van der Waals surface area (Å²) >= 11 is 0. The van der Waals surface area contributed by atoms with Gasteiger partial charge in [0.1, 0.15) is 12.1 Å². The van der Waals surface area contributed by atoms with Gasteiger partial charge in [-0.15, -0.1) is 0 Å². The molecule has 1 amide bonds. The molecule has 2 fully saturated rings. The minimum atomic E-state index is -0.00816. The molecule has 0 aliphatic carbocycles. The largest absolute Gasteiger partial charge is 0.348 e. The SMILES string of the molecule is O=C(N[C@@H]1CCN2CCCC[C@H]12)c1ccnc(-n2ccnc2)c1. The number of pyridine rings is 1. The van der Waals surface area contributed by atoms with Gasteiger partial charge in [0.15, 0.2) is 0 Å². The summed E-state index contributed by atoms with van der Waals surface area (Å²) in [6.45, 7) is 2.28. The van der Waals surface area contributed by atoms with E-state index in [4.69, 9.17) is 0 Å². The van der Waals surface area contributed by atoms with E-state index in [1.807, 2.05) is 12.3 Å². The fourth-order valence-electron chi connectivity index (χ4n) is 3.76. The standard InChI is InChI=1S/C17H21N5O/c23-17(20-14-5-9-21-8-2-1-3-15(14)21)13-4-6-19-16(11-13)22-10-7-18-12-22/h4,6-7,10-12,14-15H,1-3,5,8-9H2,(H,20,23)/t14-,15-/m1/s1. The number of imidazole rings is 1. The van der Waals surface area contributed by atoms with Gasteiger partial charge >= 0.3 is 0 Å². The zero-order chi connectivity index (χ0) is 15.6. The summed E-state index contributed by atoms with van der Waals surface area (Å²) in [5, 5.41) is 3.23. The van der Waals surface area contributed by atoms with Crippen LogP contribution in [-0.2, 0) is 0 Å². The topological polar surface area (TPSA) is 63.1 Å². The quantitative estimate of drug-likeness (QED) is 0.936. The lowest BCUT2D eigenvalue weighted by Gasteiger charge is -2.32. The van der Waals surface area contributed by atoms with Crippen molar-refractivity contribution in [3.05, 3.63) is 42.6 Å². The Morgan fingerprint density at radius 3 is 3.04 bits per heavy atom. The highest BCUT2D eigenvalue weighted by Gasteiger charge is 2.36. The molecule has 2 aromatic heterocycles. The Bertz CT molecular complexity index is 684. The van der Waals surface area contributed by atoms with Gasteiger partial charge in [-0.05, 0) is 37.9 Å². The van der Waals surface area contributed by atoms with Gasteiger partial charge in [0, 0.05) is 42.8 Å². The molecule has 120 valence electrons. The van der Waals surface area contributed by atoms with Crippen LogP contribution in [0.5, 0.6) is 0 Å². The minimum absolute atomic E-state index is 0.00816. The van der Waals surface area contributed by atoms with Gasteiger partial charge in [0.25, 0.3) is 5.91 Å². The van der Waals surface area contributed by atoms with Crippen LogP contribution in [0.3, 0.4) is 0 Å². The van der Waals surface area contributed by atoms with Gasteiger partial charge in [0.05, 0.1) is 0 Å². The summed E-state index contributed by atoms with van der Waals surface area (Å²) < 4.78 is 1.80. The highest BCUT2D eigenvalue weighted by molar-refractivity contribution is 5.94. The first kappa shape index (κ1) is 14.4. The van der Waals surface area contributed by atoms with Crippen LogP contribution in [0.15, 0.2) is 37.1 Å². The molecule has 0 unspecified atom stereocenters. The molecule has 0 bridgehead atoms. The Hall–Kier alpha value is -2.21. The maximum Gasteiger partial charge on any atom is 0.251 e. The number of carbonyl (C=O) groups excluding carboxylic acids is 1. The van der Waals surface area contributed by atoms with E-state index >= 15 is 0 Å². The number of piperidine rings is 1. The molecular formula is C17H21N5O. The highest BCUT2D eigenvalue weighted by Crippen LogP contribution is 2.27. The number of amides is 1. The molecule has 1 N–H and O–H groups in total. The Balaban J connectivity index is 1.48.